The van der Waals surface area contributed by atoms with Crippen LogP contribution in [0.25, 0.3) is 56.1 Å². The van der Waals surface area contributed by atoms with Crippen molar-refractivity contribution < 1.29 is 0 Å². The maximum atomic E-state index is 10.5. The fraction of sp³-hybridized carbons (Fsp3) is 0.256. The van der Waals surface area contributed by atoms with Crippen LogP contribution in [0, 0.1) is 29.1 Å². The highest BCUT2D eigenvalue weighted by atomic mass is 15.0. The third-order valence-corrected chi connectivity index (χ3v) is 10.5. The second-order valence-electron chi connectivity index (χ2n) is 14.1. The highest BCUT2D eigenvalue weighted by molar-refractivity contribution is 5.99. The van der Waals surface area contributed by atoms with Gasteiger partial charge in [-0.05, 0) is 94.9 Å². The number of nitrogens with zero attached hydrogens (tertiary/aromatic N) is 4. The van der Waals surface area contributed by atoms with Crippen molar-refractivity contribution in [2.45, 2.75) is 51.4 Å². The Bertz CT molecular complexity index is 2050. The molecular weight excluding hydrogens is 573 g/mol. The molecule has 6 aromatic rings. The number of benzene rings is 5. The minimum atomic E-state index is 0.241. The predicted molar refractivity (Wildman–Crippen MR) is 190 cm³/mol. The quantitative estimate of drug-likeness (QED) is 0.195. The van der Waals surface area contributed by atoms with E-state index in [0.29, 0.717) is 28.6 Å². The van der Waals surface area contributed by atoms with Gasteiger partial charge in [0.15, 0.2) is 17.5 Å². The molecule has 1 aromatic heterocycles. The largest absolute Gasteiger partial charge is 0.208 e. The van der Waals surface area contributed by atoms with E-state index in [1.165, 1.54) is 48.4 Å². The van der Waals surface area contributed by atoms with Crippen LogP contribution < -0.4 is 0 Å². The lowest BCUT2D eigenvalue weighted by molar-refractivity contribution is 0.0790. The zero-order valence-electron chi connectivity index (χ0n) is 27.0. The van der Waals surface area contributed by atoms with Gasteiger partial charge in [-0.3, -0.25) is 0 Å². The Kier molecular flexibility index (Phi) is 7.41. The molecular formula is C43H38N4. The van der Waals surface area contributed by atoms with Crippen molar-refractivity contribution in [1.82, 2.24) is 15.0 Å². The Morgan fingerprint density at radius 1 is 0.574 bits per heavy atom. The van der Waals surface area contributed by atoms with Crippen molar-refractivity contribution in [2.24, 2.45) is 17.8 Å². The first-order chi connectivity index (χ1) is 23.0. The van der Waals surface area contributed by atoms with Crippen molar-refractivity contribution in [2.75, 3.05) is 0 Å². The van der Waals surface area contributed by atoms with Crippen LogP contribution in [0.5, 0.6) is 0 Å². The number of hydrogen-bond donors (Lipinski definition) is 0. The van der Waals surface area contributed by atoms with Gasteiger partial charge in [0.1, 0.15) is 0 Å². The monoisotopic (exact) mass is 610 g/mol. The molecule has 230 valence electrons. The smallest absolute Gasteiger partial charge is 0.165 e. The summed E-state index contributed by atoms with van der Waals surface area (Å²) in [5.41, 5.74) is 6.99. The number of nitriles is 1. The van der Waals surface area contributed by atoms with E-state index in [9.17, 15) is 5.26 Å². The van der Waals surface area contributed by atoms with E-state index in [-0.39, 0.29) is 5.41 Å². The number of aromatic nitrogens is 3. The Morgan fingerprint density at radius 2 is 1.13 bits per heavy atom. The third-order valence-electron chi connectivity index (χ3n) is 10.5. The Balaban J connectivity index is 1.24. The molecule has 2 fully saturated rings. The molecule has 2 aliphatic rings. The molecule has 4 nitrogen and oxygen atoms in total. The molecule has 0 saturated heterocycles. The lowest BCUT2D eigenvalue weighted by Crippen LogP contribution is -2.42. The van der Waals surface area contributed by atoms with Gasteiger partial charge in [0.25, 0.3) is 0 Å². The van der Waals surface area contributed by atoms with Gasteiger partial charge in [0.05, 0.1) is 11.6 Å². The van der Waals surface area contributed by atoms with Gasteiger partial charge in [-0.25, -0.2) is 15.0 Å². The fourth-order valence-corrected chi connectivity index (χ4v) is 8.98. The summed E-state index contributed by atoms with van der Waals surface area (Å²) in [6.07, 6.45) is 6.58. The number of rotatable bonds is 5. The van der Waals surface area contributed by atoms with Gasteiger partial charge in [0, 0.05) is 16.7 Å². The minimum Gasteiger partial charge on any atom is -0.208 e. The second-order valence-corrected chi connectivity index (χ2v) is 14.1. The first-order valence-electron chi connectivity index (χ1n) is 16.9. The number of fused-ring (bicyclic) bond motifs is 3. The second kappa shape index (κ2) is 11.9. The highest BCUT2D eigenvalue weighted by Gasteiger charge is 2.45. The predicted octanol–water partition coefficient (Wildman–Crippen LogP) is 10.7. The first kappa shape index (κ1) is 29.3. The maximum Gasteiger partial charge on any atom is 0.165 e. The van der Waals surface area contributed by atoms with Crippen LogP contribution >= 0.6 is 0 Å². The standard InChI is InChI=1S/C43H38N4/c1-28-21-30-22-29(2)25-43(24-28,26-30)39-20-19-35(37-15-9-10-16-38(37)39)33-17-18-36(34(23-33)27-44)42-46-40(31-11-5-3-6-12-31)45-41(47-42)32-13-7-4-8-14-32/h3-20,23,28-30H,21-22,24-26H2,1-2H3/t28-,29+,30?,43?. The number of hydrogen-bond acceptors (Lipinski definition) is 4. The van der Waals surface area contributed by atoms with E-state index in [1.54, 1.807) is 0 Å². The van der Waals surface area contributed by atoms with Gasteiger partial charge in [0.2, 0.25) is 0 Å². The summed E-state index contributed by atoms with van der Waals surface area (Å²) in [5, 5.41) is 13.1. The van der Waals surface area contributed by atoms with Crippen LogP contribution in [0.2, 0.25) is 0 Å². The van der Waals surface area contributed by atoms with Crippen LogP contribution in [-0.2, 0) is 5.41 Å². The van der Waals surface area contributed by atoms with Gasteiger partial charge in [-0.2, -0.15) is 5.26 Å². The van der Waals surface area contributed by atoms with Crippen LogP contribution in [0.3, 0.4) is 0 Å². The molecule has 2 saturated carbocycles. The Labute approximate surface area is 277 Å². The van der Waals surface area contributed by atoms with Crippen molar-refractivity contribution in [3.05, 3.63) is 126 Å². The maximum absolute atomic E-state index is 10.5. The lowest BCUT2D eigenvalue weighted by Gasteiger charge is -2.51. The Morgan fingerprint density at radius 3 is 1.74 bits per heavy atom. The molecule has 5 aromatic carbocycles. The minimum absolute atomic E-state index is 0.241. The van der Waals surface area contributed by atoms with Crippen molar-refractivity contribution >= 4 is 10.8 Å². The van der Waals surface area contributed by atoms with Gasteiger partial charge < -0.3 is 0 Å². The van der Waals surface area contributed by atoms with E-state index in [1.807, 2.05) is 72.8 Å². The molecule has 4 atom stereocenters. The molecule has 0 spiro atoms. The van der Waals surface area contributed by atoms with Crippen LogP contribution in [0.4, 0.5) is 0 Å². The van der Waals surface area contributed by atoms with Crippen molar-refractivity contribution in [1.29, 1.82) is 5.26 Å². The molecule has 2 unspecified atom stereocenters. The SMILES string of the molecule is C[C@@H]1CC2C[C@H](C)CC(c3ccc(-c4ccc(-c5nc(-c6ccccc6)nc(-c6ccccc6)n5)c(C#N)c4)c4ccccc34)(C2)C1. The summed E-state index contributed by atoms with van der Waals surface area (Å²) in [4.78, 5) is 14.6. The molecule has 2 bridgehead atoms. The first-order valence-corrected chi connectivity index (χ1v) is 16.9. The average molecular weight is 611 g/mol. The molecule has 0 N–H and O–H groups in total. The van der Waals surface area contributed by atoms with Crippen molar-refractivity contribution in [3.8, 4) is 51.4 Å². The zero-order chi connectivity index (χ0) is 32.0. The molecule has 1 heterocycles. The zero-order valence-corrected chi connectivity index (χ0v) is 27.0. The third kappa shape index (κ3) is 5.40. The van der Waals surface area contributed by atoms with Gasteiger partial charge in [-0.1, -0.05) is 117 Å². The average Bonchev–Trinajstić information content (AvgIpc) is 3.10. The summed E-state index contributed by atoms with van der Waals surface area (Å²) in [7, 11) is 0. The van der Waals surface area contributed by atoms with E-state index >= 15 is 0 Å². The summed E-state index contributed by atoms with van der Waals surface area (Å²) in [5.74, 6) is 4.00. The van der Waals surface area contributed by atoms with E-state index in [0.717, 1.165) is 40.0 Å². The van der Waals surface area contributed by atoms with Crippen molar-refractivity contribution in [3.63, 3.8) is 0 Å². The van der Waals surface area contributed by atoms with Crippen LogP contribution in [0.1, 0.15) is 57.1 Å². The molecule has 0 aliphatic heterocycles. The lowest BCUT2D eigenvalue weighted by atomic mass is 9.54. The molecule has 8 rings (SSSR count). The van der Waals surface area contributed by atoms with Crippen LogP contribution in [-0.4, -0.2) is 15.0 Å². The Hall–Kier alpha value is -5.14. The highest BCUT2D eigenvalue weighted by Crippen LogP contribution is 2.55. The normalized spacial score (nSPS) is 22.1. The summed E-state index contributed by atoms with van der Waals surface area (Å²) < 4.78 is 0. The molecule has 4 heteroatoms. The summed E-state index contributed by atoms with van der Waals surface area (Å²) in [6.45, 7) is 4.91. The molecule has 0 radical (unpaired) electrons. The van der Waals surface area contributed by atoms with E-state index < -0.39 is 0 Å². The molecule has 2 aliphatic carbocycles. The molecule has 47 heavy (non-hydrogen) atoms. The molecule has 0 amide bonds. The van der Waals surface area contributed by atoms with Gasteiger partial charge in [-0.15, -0.1) is 0 Å². The summed E-state index contributed by atoms with van der Waals surface area (Å²) in [6, 6.07) is 42.1. The fourth-order valence-electron chi connectivity index (χ4n) is 8.98. The van der Waals surface area contributed by atoms with E-state index in [2.05, 4.69) is 62.4 Å². The van der Waals surface area contributed by atoms with E-state index in [4.69, 9.17) is 15.0 Å². The van der Waals surface area contributed by atoms with Gasteiger partial charge >= 0.3 is 0 Å². The summed E-state index contributed by atoms with van der Waals surface area (Å²) >= 11 is 0. The topological polar surface area (TPSA) is 62.5 Å². The van der Waals surface area contributed by atoms with Crippen LogP contribution in [0.15, 0.2) is 115 Å².